The van der Waals surface area contributed by atoms with E-state index >= 15 is 0 Å². The smallest absolute Gasteiger partial charge is 0.273 e. The van der Waals surface area contributed by atoms with Crippen LogP contribution in [0.25, 0.3) is 0 Å². The SMILES string of the molecule is O=C1C2CCCCN2c2ccc([N+](=O)[O-])cc2N1O. The van der Waals surface area contributed by atoms with E-state index in [1.165, 1.54) is 12.1 Å². The van der Waals surface area contributed by atoms with E-state index in [0.29, 0.717) is 17.2 Å². The Morgan fingerprint density at radius 1 is 1.32 bits per heavy atom. The highest BCUT2D eigenvalue weighted by atomic mass is 16.6. The number of hydroxylamine groups is 1. The van der Waals surface area contributed by atoms with Gasteiger partial charge in [-0.2, -0.15) is 5.06 Å². The number of non-ortho nitro benzene ring substituents is 1. The van der Waals surface area contributed by atoms with E-state index in [1.54, 1.807) is 6.07 Å². The molecule has 1 unspecified atom stereocenters. The van der Waals surface area contributed by atoms with Gasteiger partial charge in [0.15, 0.2) is 0 Å². The number of hydrogen-bond acceptors (Lipinski definition) is 5. The highest BCUT2D eigenvalue weighted by molar-refractivity contribution is 6.04. The molecule has 2 aliphatic heterocycles. The summed E-state index contributed by atoms with van der Waals surface area (Å²) in [5.74, 6) is -0.410. The lowest BCUT2D eigenvalue weighted by Crippen LogP contribution is -2.54. The molecule has 1 fully saturated rings. The van der Waals surface area contributed by atoms with Crippen molar-refractivity contribution in [3.05, 3.63) is 28.3 Å². The molecule has 0 aliphatic carbocycles. The number of amides is 1. The van der Waals surface area contributed by atoms with Crippen LogP contribution < -0.4 is 9.96 Å². The van der Waals surface area contributed by atoms with Gasteiger partial charge < -0.3 is 4.90 Å². The van der Waals surface area contributed by atoms with Gasteiger partial charge in [0.25, 0.3) is 11.6 Å². The molecule has 2 heterocycles. The average Bonchev–Trinajstić information content (AvgIpc) is 2.44. The van der Waals surface area contributed by atoms with E-state index in [1.807, 2.05) is 4.90 Å². The minimum atomic E-state index is -0.541. The Morgan fingerprint density at radius 3 is 2.84 bits per heavy atom. The summed E-state index contributed by atoms with van der Waals surface area (Å²) in [4.78, 5) is 24.2. The first-order valence-corrected chi connectivity index (χ1v) is 6.17. The molecule has 1 atom stereocenters. The van der Waals surface area contributed by atoms with Gasteiger partial charge in [-0.15, -0.1) is 0 Å². The quantitative estimate of drug-likeness (QED) is 0.473. The molecule has 1 N–H and O–H groups in total. The number of nitro benzene ring substituents is 1. The Morgan fingerprint density at radius 2 is 2.11 bits per heavy atom. The largest absolute Gasteiger partial charge is 0.358 e. The molecule has 2 aliphatic rings. The number of anilines is 2. The van der Waals surface area contributed by atoms with Crippen molar-refractivity contribution < 1.29 is 14.9 Å². The Labute approximate surface area is 109 Å². The number of carbonyl (C=O) groups excluding carboxylic acids is 1. The highest BCUT2D eigenvalue weighted by Gasteiger charge is 2.39. The molecule has 7 heteroatoms. The molecular formula is C12H13N3O4. The molecule has 1 aromatic rings. The average molecular weight is 263 g/mol. The summed E-state index contributed by atoms with van der Waals surface area (Å²) in [5, 5.41) is 21.2. The van der Waals surface area contributed by atoms with Gasteiger partial charge in [0.1, 0.15) is 11.7 Å². The molecule has 7 nitrogen and oxygen atoms in total. The first-order chi connectivity index (χ1) is 9.09. The van der Waals surface area contributed by atoms with Gasteiger partial charge in [0, 0.05) is 18.7 Å². The molecule has 1 amide bonds. The highest BCUT2D eigenvalue weighted by Crippen LogP contribution is 2.40. The molecular weight excluding hydrogens is 250 g/mol. The van der Waals surface area contributed by atoms with Crippen molar-refractivity contribution in [2.75, 3.05) is 16.5 Å². The van der Waals surface area contributed by atoms with Crippen LogP contribution in [-0.4, -0.2) is 28.6 Å². The molecule has 3 rings (SSSR count). The molecule has 19 heavy (non-hydrogen) atoms. The standard InChI is InChI=1S/C12H13N3O4/c16-12-10-3-1-2-6-13(10)9-5-4-8(15(18)19)7-11(9)14(12)17/h4-5,7,10,17H,1-3,6H2. The zero-order valence-electron chi connectivity index (χ0n) is 10.2. The summed E-state index contributed by atoms with van der Waals surface area (Å²) in [6.45, 7) is 0.731. The number of rotatable bonds is 1. The minimum absolute atomic E-state index is 0.138. The van der Waals surface area contributed by atoms with Gasteiger partial charge in [-0.25, -0.2) is 0 Å². The molecule has 0 bridgehead atoms. The second-order valence-corrected chi connectivity index (χ2v) is 4.79. The fourth-order valence-corrected chi connectivity index (χ4v) is 2.77. The minimum Gasteiger partial charge on any atom is -0.358 e. The first kappa shape index (κ1) is 11.9. The lowest BCUT2D eigenvalue weighted by Gasteiger charge is -2.42. The zero-order valence-corrected chi connectivity index (χ0v) is 10.2. The number of hydrogen-bond donors (Lipinski definition) is 1. The third kappa shape index (κ3) is 1.74. The maximum absolute atomic E-state index is 12.1. The van der Waals surface area contributed by atoms with Crippen LogP contribution >= 0.6 is 0 Å². The normalized spacial score (nSPS) is 21.9. The summed E-state index contributed by atoms with van der Waals surface area (Å²) >= 11 is 0. The van der Waals surface area contributed by atoms with Crippen LogP contribution in [0.15, 0.2) is 18.2 Å². The number of piperidine rings is 1. The molecule has 100 valence electrons. The Bertz CT molecular complexity index is 560. The molecule has 1 saturated heterocycles. The van der Waals surface area contributed by atoms with Crippen LogP contribution in [0.5, 0.6) is 0 Å². The van der Waals surface area contributed by atoms with Crippen LogP contribution in [0, 0.1) is 10.1 Å². The van der Waals surface area contributed by atoms with Crippen molar-refractivity contribution in [1.82, 2.24) is 0 Å². The Kier molecular flexibility index (Phi) is 2.63. The fraction of sp³-hybridized carbons (Fsp3) is 0.417. The molecule has 1 aromatic carbocycles. The Hall–Kier alpha value is -2.15. The third-order valence-corrected chi connectivity index (χ3v) is 3.70. The van der Waals surface area contributed by atoms with E-state index < -0.39 is 10.8 Å². The summed E-state index contributed by atoms with van der Waals surface area (Å²) < 4.78 is 0. The maximum atomic E-state index is 12.1. The number of nitro groups is 1. The predicted molar refractivity (Wildman–Crippen MR) is 67.4 cm³/mol. The molecule has 0 aromatic heterocycles. The van der Waals surface area contributed by atoms with E-state index in [-0.39, 0.29) is 17.4 Å². The maximum Gasteiger partial charge on any atom is 0.273 e. The van der Waals surface area contributed by atoms with E-state index in [0.717, 1.165) is 19.4 Å². The third-order valence-electron chi connectivity index (χ3n) is 3.70. The van der Waals surface area contributed by atoms with E-state index in [2.05, 4.69) is 0 Å². The van der Waals surface area contributed by atoms with Gasteiger partial charge in [0.05, 0.1) is 10.6 Å². The first-order valence-electron chi connectivity index (χ1n) is 6.17. The van der Waals surface area contributed by atoms with Crippen LogP contribution in [0.3, 0.4) is 0 Å². The summed E-state index contributed by atoms with van der Waals surface area (Å²) in [6.07, 6.45) is 2.63. The second-order valence-electron chi connectivity index (χ2n) is 4.79. The van der Waals surface area contributed by atoms with E-state index in [4.69, 9.17) is 0 Å². The van der Waals surface area contributed by atoms with Gasteiger partial charge >= 0.3 is 0 Å². The van der Waals surface area contributed by atoms with Crippen LogP contribution in [0.4, 0.5) is 17.1 Å². The van der Waals surface area contributed by atoms with Crippen LogP contribution in [0.1, 0.15) is 19.3 Å². The molecule has 0 spiro atoms. The monoisotopic (exact) mass is 263 g/mol. The lowest BCUT2D eigenvalue weighted by atomic mass is 9.97. The number of nitrogens with zero attached hydrogens (tertiary/aromatic N) is 3. The van der Waals surface area contributed by atoms with E-state index in [9.17, 15) is 20.1 Å². The summed E-state index contributed by atoms with van der Waals surface area (Å²) in [5.41, 5.74) is 0.732. The van der Waals surface area contributed by atoms with Crippen LogP contribution in [0.2, 0.25) is 0 Å². The number of carbonyl (C=O) groups is 1. The molecule has 0 saturated carbocycles. The van der Waals surface area contributed by atoms with Crippen molar-refractivity contribution in [3.63, 3.8) is 0 Å². The fourth-order valence-electron chi connectivity index (χ4n) is 2.77. The zero-order chi connectivity index (χ0) is 13.6. The lowest BCUT2D eigenvalue weighted by molar-refractivity contribution is -0.384. The van der Waals surface area contributed by atoms with Crippen LogP contribution in [-0.2, 0) is 4.79 Å². The van der Waals surface area contributed by atoms with Gasteiger partial charge in [0.2, 0.25) is 0 Å². The summed E-state index contributed by atoms with van der Waals surface area (Å²) in [6, 6.07) is 3.88. The predicted octanol–water partition coefficient (Wildman–Crippen LogP) is 1.69. The number of benzene rings is 1. The van der Waals surface area contributed by atoms with Crippen molar-refractivity contribution in [2.45, 2.75) is 25.3 Å². The number of fused-ring (bicyclic) bond motifs is 3. The van der Waals surface area contributed by atoms with Gasteiger partial charge in [-0.1, -0.05) is 0 Å². The van der Waals surface area contributed by atoms with Crippen molar-refractivity contribution in [3.8, 4) is 0 Å². The Balaban J connectivity index is 2.11. The summed E-state index contributed by atoms with van der Waals surface area (Å²) in [7, 11) is 0. The topological polar surface area (TPSA) is 86.9 Å². The van der Waals surface area contributed by atoms with Crippen molar-refractivity contribution in [2.24, 2.45) is 0 Å². The van der Waals surface area contributed by atoms with Gasteiger partial charge in [-0.3, -0.25) is 20.1 Å². The second kappa shape index (κ2) is 4.20. The van der Waals surface area contributed by atoms with Gasteiger partial charge in [-0.05, 0) is 25.3 Å². The molecule has 0 radical (unpaired) electrons. The van der Waals surface area contributed by atoms with Crippen molar-refractivity contribution in [1.29, 1.82) is 0 Å². The van der Waals surface area contributed by atoms with Crippen molar-refractivity contribution >= 4 is 23.0 Å².